The van der Waals surface area contributed by atoms with Crippen LogP contribution in [0.15, 0.2) is 35.7 Å². The summed E-state index contributed by atoms with van der Waals surface area (Å²) in [5.74, 6) is -0.860. The molecule has 1 heterocycles. The van der Waals surface area contributed by atoms with E-state index in [4.69, 9.17) is 5.11 Å². The van der Waals surface area contributed by atoms with Gasteiger partial charge in [-0.2, -0.15) is 0 Å². The molecule has 0 aliphatic rings. The van der Waals surface area contributed by atoms with Crippen molar-refractivity contribution < 1.29 is 9.90 Å². The average molecular weight is 289 g/mol. The van der Waals surface area contributed by atoms with E-state index in [1.165, 1.54) is 16.9 Å². The number of carboxylic acid groups (broad SMARTS) is 1. The van der Waals surface area contributed by atoms with Crippen molar-refractivity contribution in [3.63, 3.8) is 0 Å². The number of thiophene rings is 1. The Bertz CT molecular complexity index is 611. The highest BCUT2D eigenvalue weighted by atomic mass is 32.1. The monoisotopic (exact) mass is 289 g/mol. The number of carbonyl (C=O) groups is 1. The zero-order chi connectivity index (χ0) is 14.8. The van der Waals surface area contributed by atoms with Crippen LogP contribution in [0.5, 0.6) is 0 Å². The van der Waals surface area contributed by atoms with E-state index in [-0.39, 0.29) is 5.41 Å². The first kappa shape index (κ1) is 14.6. The summed E-state index contributed by atoms with van der Waals surface area (Å²) in [5.41, 5.74) is 3.16. The summed E-state index contributed by atoms with van der Waals surface area (Å²) in [4.78, 5) is 11.5. The molecule has 20 heavy (non-hydrogen) atoms. The van der Waals surface area contributed by atoms with E-state index in [9.17, 15) is 4.79 Å². The van der Waals surface area contributed by atoms with E-state index in [0.717, 1.165) is 11.3 Å². The third-order valence-electron chi connectivity index (χ3n) is 3.15. The summed E-state index contributed by atoms with van der Waals surface area (Å²) < 4.78 is 0. The van der Waals surface area contributed by atoms with Crippen molar-refractivity contribution in [3.8, 4) is 0 Å². The summed E-state index contributed by atoms with van der Waals surface area (Å²) in [6, 6.07) is 10.0. The quantitative estimate of drug-likeness (QED) is 0.879. The zero-order valence-electron chi connectivity index (χ0n) is 11.9. The summed E-state index contributed by atoms with van der Waals surface area (Å²) in [6.07, 6.45) is 0. The highest BCUT2D eigenvalue weighted by Crippen LogP contribution is 2.30. The molecule has 0 atom stereocenters. The minimum absolute atomic E-state index is 0.0495. The van der Waals surface area contributed by atoms with Crippen LogP contribution in [0.3, 0.4) is 0 Å². The van der Waals surface area contributed by atoms with Crippen molar-refractivity contribution in [2.24, 2.45) is 0 Å². The molecule has 0 fully saturated rings. The van der Waals surface area contributed by atoms with E-state index in [1.807, 2.05) is 29.6 Å². The van der Waals surface area contributed by atoms with E-state index in [1.54, 1.807) is 0 Å². The number of benzene rings is 1. The lowest BCUT2D eigenvalue weighted by Gasteiger charge is -2.23. The SMILES string of the molecule is CC(C)(C)c1ccccc1NCc1ccsc1C(=O)O. The van der Waals surface area contributed by atoms with Crippen molar-refractivity contribution in [3.05, 3.63) is 51.7 Å². The van der Waals surface area contributed by atoms with E-state index < -0.39 is 5.97 Å². The van der Waals surface area contributed by atoms with Crippen LogP contribution in [-0.4, -0.2) is 11.1 Å². The predicted molar refractivity (Wildman–Crippen MR) is 83.7 cm³/mol. The molecule has 0 bridgehead atoms. The van der Waals surface area contributed by atoms with Gasteiger partial charge in [-0.1, -0.05) is 39.0 Å². The Morgan fingerprint density at radius 1 is 1.25 bits per heavy atom. The molecule has 2 aromatic rings. The van der Waals surface area contributed by atoms with Crippen molar-refractivity contribution in [1.29, 1.82) is 0 Å². The smallest absolute Gasteiger partial charge is 0.346 e. The summed E-state index contributed by atoms with van der Waals surface area (Å²) in [6.45, 7) is 7.03. The van der Waals surface area contributed by atoms with Gasteiger partial charge in [-0.3, -0.25) is 0 Å². The summed E-state index contributed by atoms with van der Waals surface area (Å²) in [5, 5.41) is 14.3. The third-order valence-corrected chi connectivity index (χ3v) is 4.09. The topological polar surface area (TPSA) is 49.3 Å². The molecule has 2 N–H and O–H groups in total. The number of anilines is 1. The fourth-order valence-electron chi connectivity index (χ4n) is 2.14. The van der Waals surface area contributed by atoms with Crippen LogP contribution < -0.4 is 5.32 Å². The molecule has 0 saturated heterocycles. The molecule has 1 aromatic carbocycles. The van der Waals surface area contributed by atoms with E-state index in [2.05, 4.69) is 32.2 Å². The van der Waals surface area contributed by atoms with Gasteiger partial charge in [0.2, 0.25) is 0 Å². The zero-order valence-corrected chi connectivity index (χ0v) is 12.8. The minimum Gasteiger partial charge on any atom is -0.477 e. The van der Waals surface area contributed by atoms with Gasteiger partial charge in [-0.15, -0.1) is 11.3 Å². The first-order valence-corrected chi connectivity index (χ1v) is 7.40. The number of aromatic carboxylic acids is 1. The van der Waals surface area contributed by atoms with Crippen LogP contribution in [-0.2, 0) is 12.0 Å². The van der Waals surface area contributed by atoms with Crippen molar-refractivity contribution >= 4 is 23.0 Å². The number of nitrogens with one attached hydrogen (secondary N) is 1. The molecular weight excluding hydrogens is 270 g/mol. The van der Waals surface area contributed by atoms with Gasteiger partial charge in [-0.05, 0) is 34.1 Å². The Morgan fingerprint density at radius 2 is 1.95 bits per heavy atom. The highest BCUT2D eigenvalue weighted by molar-refractivity contribution is 7.12. The number of hydrogen-bond acceptors (Lipinski definition) is 3. The Kier molecular flexibility index (Phi) is 4.14. The van der Waals surface area contributed by atoms with Gasteiger partial charge in [0.1, 0.15) is 4.88 Å². The lowest BCUT2D eigenvalue weighted by Crippen LogP contribution is -2.15. The standard InChI is InChI=1S/C16H19NO2S/c1-16(2,3)12-6-4-5-7-13(12)17-10-11-8-9-20-14(11)15(18)19/h4-9,17H,10H2,1-3H3,(H,18,19). The maximum Gasteiger partial charge on any atom is 0.346 e. The summed E-state index contributed by atoms with van der Waals surface area (Å²) >= 11 is 1.26. The predicted octanol–water partition coefficient (Wildman–Crippen LogP) is 4.36. The van der Waals surface area contributed by atoms with Crippen LogP contribution >= 0.6 is 11.3 Å². The molecule has 3 nitrogen and oxygen atoms in total. The van der Waals surface area contributed by atoms with Crippen LogP contribution in [0, 0.1) is 0 Å². The van der Waals surface area contributed by atoms with Crippen LogP contribution in [0.25, 0.3) is 0 Å². The van der Waals surface area contributed by atoms with Crippen molar-refractivity contribution in [1.82, 2.24) is 0 Å². The number of carboxylic acids is 1. The molecule has 2 rings (SSSR count). The van der Waals surface area contributed by atoms with E-state index >= 15 is 0 Å². The average Bonchev–Trinajstić information content (AvgIpc) is 2.84. The molecule has 1 aromatic heterocycles. The molecule has 0 saturated carbocycles. The Labute approximate surface area is 123 Å². The lowest BCUT2D eigenvalue weighted by atomic mass is 9.86. The molecule has 4 heteroatoms. The Hall–Kier alpha value is -1.81. The second kappa shape index (κ2) is 5.67. The fourth-order valence-corrected chi connectivity index (χ4v) is 2.91. The van der Waals surface area contributed by atoms with Crippen LogP contribution in [0.2, 0.25) is 0 Å². The van der Waals surface area contributed by atoms with Gasteiger partial charge in [0.25, 0.3) is 0 Å². The second-order valence-electron chi connectivity index (χ2n) is 5.73. The maximum absolute atomic E-state index is 11.1. The number of rotatable bonds is 4. The fraction of sp³-hybridized carbons (Fsp3) is 0.312. The summed E-state index contributed by atoms with van der Waals surface area (Å²) in [7, 11) is 0. The maximum atomic E-state index is 11.1. The Balaban J connectivity index is 2.20. The molecule has 0 aliphatic carbocycles. The van der Waals surface area contributed by atoms with Crippen molar-refractivity contribution in [2.45, 2.75) is 32.7 Å². The van der Waals surface area contributed by atoms with Crippen LogP contribution in [0.1, 0.15) is 41.6 Å². The molecule has 0 spiro atoms. The van der Waals surface area contributed by atoms with E-state index in [0.29, 0.717) is 11.4 Å². The largest absolute Gasteiger partial charge is 0.477 e. The molecule has 0 amide bonds. The van der Waals surface area contributed by atoms with Crippen LogP contribution in [0.4, 0.5) is 5.69 Å². The molecule has 106 valence electrons. The molecule has 0 unspecified atom stereocenters. The lowest BCUT2D eigenvalue weighted by molar-refractivity contribution is 0.0701. The number of para-hydroxylation sites is 1. The molecule has 0 radical (unpaired) electrons. The molecule has 0 aliphatic heterocycles. The van der Waals surface area contributed by atoms with Gasteiger partial charge in [-0.25, -0.2) is 4.79 Å². The third kappa shape index (κ3) is 3.20. The first-order valence-electron chi connectivity index (χ1n) is 6.52. The minimum atomic E-state index is -0.860. The van der Waals surface area contributed by atoms with Gasteiger partial charge < -0.3 is 10.4 Å². The first-order chi connectivity index (χ1) is 9.39. The van der Waals surface area contributed by atoms with Gasteiger partial charge in [0, 0.05) is 12.2 Å². The van der Waals surface area contributed by atoms with Crippen molar-refractivity contribution in [2.75, 3.05) is 5.32 Å². The second-order valence-corrected chi connectivity index (χ2v) is 6.65. The normalized spacial score (nSPS) is 11.3. The number of hydrogen-bond donors (Lipinski definition) is 2. The van der Waals surface area contributed by atoms with Gasteiger partial charge in [0.05, 0.1) is 0 Å². The Morgan fingerprint density at radius 3 is 2.60 bits per heavy atom. The van der Waals surface area contributed by atoms with Gasteiger partial charge in [0.15, 0.2) is 0 Å². The van der Waals surface area contributed by atoms with Gasteiger partial charge >= 0.3 is 5.97 Å². The molecular formula is C16H19NO2S. The highest BCUT2D eigenvalue weighted by Gasteiger charge is 2.18.